The third-order valence-electron chi connectivity index (χ3n) is 3.82. The number of aryl methyl sites for hydroxylation is 1. The lowest BCUT2D eigenvalue weighted by Crippen LogP contribution is -2.34. The molecule has 0 aliphatic carbocycles. The first-order chi connectivity index (χ1) is 10.7. The van der Waals surface area contributed by atoms with E-state index in [2.05, 4.69) is 0 Å². The van der Waals surface area contributed by atoms with E-state index >= 15 is 0 Å². The second-order valence-corrected chi connectivity index (χ2v) is 5.34. The Labute approximate surface area is 129 Å². The van der Waals surface area contributed by atoms with Gasteiger partial charge in [-0.05, 0) is 24.0 Å². The highest BCUT2D eigenvalue weighted by Gasteiger charge is 2.40. The molecule has 1 aliphatic heterocycles. The van der Waals surface area contributed by atoms with E-state index < -0.39 is 18.1 Å². The molecule has 0 unspecified atom stereocenters. The summed E-state index contributed by atoms with van der Waals surface area (Å²) < 4.78 is 4.80. The van der Waals surface area contributed by atoms with Crippen LogP contribution < -0.4 is 0 Å². The van der Waals surface area contributed by atoms with Crippen LogP contribution in [0.3, 0.4) is 0 Å². The van der Waals surface area contributed by atoms with E-state index in [0.717, 1.165) is 17.5 Å². The molecule has 4 heteroatoms. The molecule has 2 aromatic carbocycles. The van der Waals surface area contributed by atoms with Crippen LogP contribution in [-0.2, 0) is 22.5 Å². The summed E-state index contributed by atoms with van der Waals surface area (Å²) in [5.41, 5.74) is 2.13. The fraction of sp³-hybridized carbons (Fsp3) is 0.222. The second kappa shape index (κ2) is 6.43. The van der Waals surface area contributed by atoms with Crippen molar-refractivity contribution >= 4 is 12.1 Å². The molecule has 1 saturated heterocycles. The van der Waals surface area contributed by atoms with Crippen molar-refractivity contribution in [1.82, 2.24) is 4.90 Å². The van der Waals surface area contributed by atoms with E-state index in [9.17, 15) is 9.59 Å². The third kappa shape index (κ3) is 3.17. The van der Waals surface area contributed by atoms with Gasteiger partial charge in [-0.1, -0.05) is 60.7 Å². The molecule has 1 heterocycles. The minimum atomic E-state index is -0.549. The van der Waals surface area contributed by atoms with Crippen LogP contribution in [-0.4, -0.2) is 23.0 Å². The van der Waals surface area contributed by atoms with Gasteiger partial charge >= 0.3 is 12.1 Å². The number of nitrogens with zero attached hydrogens (tertiary/aromatic N) is 1. The standard InChI is InChI=1S/C18H17NO3/c20-17-16(12-11-14-7-3-1-4-8-14)19(18(21)22-17)13-15-9-5-2-6-10-15/h1-10,16H,11-13H2/t16-/m1/s1. The van der Waals surface area contributed by atoms with Gasteiger partial charge in [0.25, 0.3) is 0 Å². The van der Waals surface area contributed by atoms with Crippen molar-refractivity contribution in [3.63, 3.8) is 0 Å². The smallest absolute Gasteiger partial charge is 0.375 e. The summed E-state index contributed by atoms with van der Waals surface area (Å²) in [4.78, 5) is 25.3. The molecule has 2 aromatic rings. The Morgan fingerprint density at radius 1 is 0.864 bits per heavy atom. The Hall–Kier alpha value is -2.62. The third-order valence-corrected chi connectivity index (χ3v) is 3.82. The van der Waals surface area contributed by atoms with Crippen LogP contribution in [0.1, 0.15) is 17.5 Å². The van der Waals surface area contributed by atoms with Crippen LogP contribution in [0.15, 0.2) is 60.7 Å². The van der Waals surface area contributed by atoms with E-state index in [4.69, 9.17) is 4.74 Å². The highest BCUT2D eigenvalue weighted by molar-refractivity contribution is 5.95. The van der Waals surface area contributed by atoms with Crippen LogP contribution in [0.2, 0.25) is 0 Å². The van der Waals surface area contributed by atoms with Crippen molar-refractivity contribution in [2.45, 2.75) is 25.4 Å². The number of cyclic esters (lactones) is 2. The van der Waals surface area contributed by atoms with Gasteiger partial charge in [0.15, 0.2) is 0 Å². The quantitative estimate of drug-likeness (QED) is 0.629. The molecule has 4 nitrogen and oxygen atoms in total. The normalized spacial score (nSPS) is 17.6. The molecular formula is C18H17NO3. The minimum absolute atomic E-state index is 0.394. The lowest BCUT2D eigenvalue weighted by Gasteiger charge is -2.20. The minimum Gasteiger partial charge on any atom is -0.375 e. The maximum absolute atomic E-state index is 11.9. The first kappa shape index (κ1) is 14.3. The first-order valence-corrected chi connectivity index (χ1v) is 7.34. The zero-order chi connectivity index (χ0) is 15.4. The van der Waals surface area contributed by atoms with Crippen LogP contribution in [0, 0.1) is 0 Å². The van der Waals surface area contributed by atoms with Crippen LogP contribution in [0.4, 0.5) is 4.79 Å². The maximum Gasteiger partial charge on any atom is 0.418 e. The van der Waals surface area contributed by atoms with E-state index in [-0.39, 0.29) is 0 Å². The van der Waals surface area contributed by atoms with Crippen molar-refractivity contribution in [1.29, 1.82) is 0 Å². The number of benzene rings is 2. The molecular weight excluding hydrogens is 278 g/mol. The van der Waals surface area contributed by atoms with Gasteiger partial charge in [-0.15, -0.1) is 0 Å². The Morgan fingerprint density at radius 2 is 1.45 bits per heavy atom. The number of esters is 1. The van der Waals surface area contributed by atoms with Gasteiger partial charge in [0.2, 0.25) is 0 Å². The fourth-order valence-corrected chi connectivity index (χ4v) is 2.64. The van der Waals surface area contributed by atoms with E-state index in [0.29, 0.717) is 13.0 Å². The number of amides is 1. The molecule has 0 radical (unpaired) electrons. The fourth-order valence-electron chi connectivity index (χ4n) is 2.64. The first-order valence-electron chi connectivity index (χ1n) is 7.34. The number of hydrogen-bond acceptors (Lipinski definition) is 3. The van der Waals surface area contributed by atoms with Crippen molar-refractivity contribution in [3.05, 3.63) is 71.8 Å². The van der Waals surface area contributed by atoms with E-state index in [1.54, 1.807) is 0 Å². The Balaban J connectivity index is 1.70. The molecule has 3 rings (SSSR count). The number of hydrogen-bond donors (Lipinski definition) is 0. The SMILES string of the molecule is O=C1OC(=O)N(Cc2ccccc2)[C@@H]1CCc1ccccc1. The molecule has 1 amide bonds. The molecule has 0 aromatic heterocycles. The summed E-state index contributed by atoms with van der Waals surface area (Å²) >= 11 is 0. The van der Waals surface area contributed by atoms with E-state index in [1.807, 2.05) is 60.7 Å². The van der Waals surface area contributed by atoms with Gasteiger partial charge in [-0.3, -0.25) is 4.90 Å². The topological polar surface area (TPSA) is 46.6 Å². The molecule has 0 spiro atoms. The maximum atomic E-state index is 11.9. The lowest BCUT2D eigenvalue weighted by atomic mass is 10.0. The summed E-state index contributed by atoms with van der Waals surface area (Å²) in [6.45, 7) is 0.394. The molecule has 112 valence electrons. The highest BCUT2D eigenvalue weighted by Crippen LogP contribution is 2.21. The number of ether oxygens (including phenoxy) is 1. The average molecular weight is 295 g/mol. The Bertz CT molecular complexity index is 655. The summed E-state index contributed by atoms with van der Waals surface area (Å²) in [5.74, 6) is -0.447. The van der Waals surface area contributed by atoms with Gasteiger partial charge in [-0.25, -0.2) is 9.59 Å². The van der Waals surface area contributed by atoms with Gasteiger partial charge in [-0.2, -0.15) is 0 Å². The van der Waals surface area contributed by atoms with Gasteiger partial charge in [0.1, 0.15) is 6.04 Å². The number of carbonyl (C=O) groups excluding carboxylic acids is 2. The predicted octanol–water partition coefficient (Wildman–Crippen LogP) is 3.17. The van der Waals surface area contributed by atoms with Crippen molar-refractivity contribution < 1.29 is 14.3 Å². The second-order valence-electron chi connectivity index (χ2n) is 5.34. The molecule has 0 N–H and O–H groups in total. The van der Waals surface area contributed by atoms with Crippen LogP contribution in [0.5, 0.6) is 0 Å². The van der Waals surface area contributed by atoms with Crippen LogP contribution >= 0.6 is 0 Å². The number of rotatable bonds is 5. The molecule has 22 heavy (non-hydrogen) atoms. The van der Waals surface area contributed by atoms with Crippen LogP contribution in [0.25, 0.3) is 0 Å². The van der Waals surface area contributed by atoms with Crippen molar-refractivity contribution in [2.75, 3.05) is 0 Å². The Morgan fingerprint density at radius 3 is 2.09 bits per heavy atom. The highest BCUT2D eigenvalue weighted by atomic mass is 16.6. The predicted molar refractivity (Wildman–Crippen MR) is 82.0 cm³/mol. The van der Waals surface area contributed by atoms with Crippen molar-refractivity contribution in [2.24, 2.45) is 0 Å². The van der Waals surface area contributed by atoms with E-state index in [1.165, 1.54) is 4.90 Å². The monoisotopic (exact) mass is 295 g/mol. The van der Waals surface area contributed by atoms with Gasteiger partial charge in [0, 0.05) is 6.54 Å². The largest absolute Gasteiger partial charge is 0.418 e. The molecule has 0 bridgehead atoms. The molecule has 0 saturated carbocycles. The summed E-state index contributed by atoms with van der Waals surface area (Å²) in [7, 11) is 0. The van der Waals surface area contributed by atoms with Gasteiger partial charge < -0.3 is 4.74 Å². The summed E-state index contributed by atoms with van der Waals surface area (Å²) in [5, 5.41) is 0. The zero-order valence-electron chi connectivity index (χ0n) is 12.1. The zero-order valence-corrected chi connectivity index (χ0v) is 12.1. The Kier molecular flexibility index (Phi) is 4.19. The molecule has 1 aliphatic rings. The number of carbonyl (C=O) groups is 2. The summed E-state index contributed by atoms with van der Waals surface area (Å²) in [6, 6.07) is 19.0. The lowest BCUT2D eigenvalue weighted by molar-refractivity contribution is -0.136. The molecule has 1 atom stereocenters. The molecule has 1 fully saturated rings. The van der Waals surface area contributed by atoms with Crippen molar-refractivity contribution in [3.8, 4) is 0 Å². The summed E-state index contributed by atoms with van der Waals surface area (Å²) in [6.07, 6.45) is 0.757. The van der Waals surface area contributed by atoms with Gasteiger partial charge in [0.05, 0.1) is 0 Å². The average Bonchev–Trinajstić information content (AvgIpc) is 2.81.